The quantitative estimate of drug-likeness (QED) is 0.690. The smallest absolute Gasteiger partial charge is 0.311 e. The first-order valence-electron chi connectivity index (χ1n) is 6.03. The Hall–Kier alpha value is -1.68. The Morgan fingerprint density at radius 3 is 2.71 bits per heavy atom. The van der Waals surface area contributed by atoms with Gasteiger partial charge in [0.05, 0.1) is 38.0 Å². The van der Waals surface area contributed by atoms with E-state index < -0.39 is 27.7 Å². The molecule has 0 aliphatic carbocycles. The third-order valence-electron chi connectivity index (χ3n) is 2.23. The second-order valence-electron chi connectivity index (χ2n) is 3.87. The minimum atomic E-state index is -3.69. The molecule has 1 aromatic heterocycles. The van der Waals surface area contributed by atoms with Crippen molar-refractivity contribution in [1.29, 1.82) is 0 Å². The third kappa shape index (κ3) is 6.54. The fourth-order valence-electron chi connectivity index (χ4n) is 1.29. The molecule has 21 heavy (non-hydrogen) atoms. The van der Waals surface area contributed by atoms with Crippen LogP contribution < -0.4 is 4.72 Å². The van der Waals surface area contributed by atoms with E-state index in [-0.39, 0.29) is 24.6 Å². The zero-order chi connectivity index (χ0) is 15.9. The summed E-state index contributed by atoms with van der Waals surface area (Å²) < 4.78 is 34.9. The molecule has 1 N–H and O–H groups in total. The van der Waals surface area contributed by atoms with Gasteiger partial charge in [0, 0.05) is 5.38 Å². The predicted octanol–water partition coefficient (Wildman–Crippen LogP) is 0.553. The summed E-state index contributed by atoms with van der Waals surface area (Å²) in [5.74, 6) is -1.43. The van der Waals surface area contributed by atoms with Crippen LogP contribution in [-0.2, 0) is 35.5 Å². The topological polar surface area (TPSA) is 112 Å². The number of esters is 2. The van der Waals surface area contributed by atoms with Crippen LogP contribution in [0.4, 0.5) is 5.13 Å². The Morgan fingerprint density at radius 2 is 2.10 bits per heavy atom. The molecule has 118 valence electrons. The van der Waals surface area contributed by atoms with E-state index in [0.717, 1.165) is 11.3 Å². The third-order valence-corrected chi connectivity index (χ3v) is 4.41. The molecule has 1 rings (SSSR count). The number of methoxy groups -OCH3 is 1. The average molecular weight is 336 g/mol. The summed E-state index contributed by atoms with van der Waals surface area (Å²) in [6.07, 6.45) is -0.263. The monoisotopic (exact) mass is 336 g/mol. The lowest BCUT2D eigenvalue weighted by atomic mass is 10.3. The number of aromatic nitrogens is 1. The van der Waals surface area contributed by atoms with Crippen molar-refractivity contribution in [2.45, 2.75) is 19.8 Å². The number of carbonyl (C=O) groups excluding carboxylic acids is 2. The summed E-state index contributed by atoms with van der Waals surface area (Å²) in [5.41, 5.74) is 0.412. The number of nitrogens with zero attached hydrogens (tertiary/aromatic N) is 1. The molecule has 0 saturated heterocycles. The van der Waals surface area contributed by atoms with Crippen molar-refractivity contribution in [2.75, 3.05) is 24.2 Å². The zero-order valence-electron chi connectivity index (χ0n) is 11.6. The lowest BCUT2D eigenvalue weighted by molar-refractivity contribution is -0.142. The molecule has 0 atom stereocenters. The Labute approximate surface area is 126 Å². The Morgan fingerprint density at radius 1 is 1.38 bits per heavy atom. The average Bonchev–Trinajstić information content (AvgIpc) is 2.83. The molecule has 0 aromatic carbocycles. The molecule has 0 saturated carbocycles. The van der Waals surface area contributed by atoms with Gasteiger partial charge in [-0.3, -0.25) is 14.3 Å². The van der Waals surface area contributed by atoms with Crippen LogP contribution in [0.3, 0.4) is 0 Å². The summed E-state index contributed by atoms with van der Waals surface area (Å²) in [5, 5.41) is 1.69. The van der Waals surface area contributed by atoms with E-state index in [2.05, 4.69) is 19.2 Å². The van der Waals surface area contributed by atoms with Crippen LogP contribution in [0.5, 0.6) is 0 Å². The lowest BCUT2D eigenvalue weighted by Crippen LogP contribution is -2.20. The molecule has 0 radical (unpaired) electrons. The molecule has 8 nitrogen and oxygen atoms in total. The van der Waals surface area contributed by atoms with Gasteiger partial charge in [-0.2, -0.15) is 0 Å². The van der Waals surface area contributed by atoms with Crippen molar-refractivity contribution >= 4 is 38.4 Å². The molecule has 0 aliphatic rings. The summed E-state index contributed by atoms with van der Waals surface area (Å²) >= 11 is 1.05. The van der Waals surface area contributed by atoms with Crippen molar-refractivity contribution in [2.24, 2.45) is 0 Å². The van der Waals surface area contributed by atoms with Crippen LogP contribution in [-0.4, -0.2) is 44.8 Å². The first-order chi connectivity index (χ1) is 9.86. The van der Waals surface area contributed by atoms with Gasteiger partial charge in [0.1, 0.15) is 0 Å². The number of hydrogen-bond acceptors (Lipinski definition) is 8. The maximum absolute atomic E-state index is 11.8. The number of carbonyl (C=O) groups is 2. The number of thiazole rings is 1. The number of anilines is 1. The predicted molar refractivity (Wildman–Crippen MR) is 76.5 cm³/mol. The van der Waals surface area contributed by atoms with Crippen LogP contribution in [0.25, 0.3) is 0 Å². The highest BCUT2D eigenvalue weighted by Crippen LogP contribution is 2.17. The van der Waals surface area contributed by atoms with Crippen molar-refractivity contribution in [3.05, 3.63) is 11.1 Å². The van der Waals surface area contributed by atoms with Crippen LogP contribution >= 0.6 is 11.3 Å². The van der Waals surface area contributed by atoms with Crippen LogP contribution in [0.2, 0.25) is 0 Å². The van der Waals surface area contributed by atoms with Gasteiger partial charge in [-0.15, -0.1) is 11.3 Å². The molecule has 1 heterocycles. The van der Waals surface area contributed by atoms with E-state index >= 15 is 0 Å². The van der Waals surface area contributed by atoms with Crippen molar-refractivity contribution in [3.63, 3.8) is 0 Å². The Bertz CT molecular complexity index is 596. The second kappa shape index (κ2) is 7.93. The van der Waals surface area contributed by atoms with E-state index in [1.807, 2.05) is 0 Å². The maximum atomic E-state index is 11.8. The number of ether oxygens (including phenoxy) is 2. The van der Waals surface area contributed by atoms with E-state index in [4.69, 9.17) is 0 Å². The van der Waals surface area contributed by atoms with Crippen molar-refractivity contribution < 1.29 is 27.5 Å². The molecule has 0 amide bonds. The number of sulfonamides is 1. The van der Waals surface area contributed by atoms with Gasteiger partial charge in [-0.25, -0.2) is 13.4 Å². The normalized spacial score (nSPS) is 11.0. The van der Waals surface area contributed by atoms with Gasteiger partial charge in [0.25, 0.3) is 0 Å². The molecule has 0 unspecified atom stereocenters. The number of nitrogens with one attached hydrogen (secondary N) is 1. The fraction of sp³-hybridized carbons (Fsp3) is 0.545. The van der Waals surface area contributed by atoms with Gasteiger partial charge in [0.15, 0.2) is 5.13 Å². The van der Waals surface area contributed by atoms with E-state index in [1.165, 1.54) is 7.11 Å². The van der Waals surface area contributed by atoms with Crippen molar-refractivity contribution in [3.8, 4) is 0 Å². The van der Waals surface area contributed by atoms with Gasteiger partial charge >= 0.3 is 11.9 Å². The largest absolute Gasteiger partial charge is 0.469 e. The molecule has 0 aliphatic heterocycles. The Kier molecular flexibility index (Phi) is 6.56. The molecule has 0 fully saturated rings. The SMILES string of the molecule is CCOC(=O)CCS(=O)(=O)Nc1nc(CC(=O)OC)cs1. The highest BCUT2D eigenvalue weighted by atomic mass is 32.2. The Balaban J connectivity index is 2.55. The molecular formula is C11H16N2O6S2. The van der Waals surface area contributed by atoms with E-state index in [9.17, 15) is 18.0 Å². The standard InChI is InChI=1S/C11H16N2O6S2/c1-3-19-9(14)4-5-21(16,17)13-11-12-8(7-20-11)6-10(15)18-2/h7H,3-6H2,1-2H3,(H,12,13). The highest BCUT2D eigenvalue weighted by Gasteiger charge is 2.16. The molecular weight excluding hydrogens is 320 g/mol. The number of hydrogen-bond donors (Lipinski definition) is 1. The van der Waals surface area contributed by atoms with Crippen LogP contribution in [0, 0.1) is 0 Å². The molecule has 0 bridgehead atoms. The van der Waals surface area contributed by atoms with Gasteiger partial charge in [-0.1, -0.05) is 0 Å². The second-order valence-corrected chi connectivity index (χ2v) is 6.57. The highest BCUT2D eigenvalue weighted by molar-refractivity contribution is 7.92. The van der Waals surface area contributed by atoms with Crippen LogP contribution in [0.1, 0.15) is 19.0 Å². The van der Waals surface area contributed by atoms with Gasteiger partial charge in [-0.05, 0) is 6.92 Å². The zero-order valence-corrected chi connectivity index (χ0v) is 13.3. The van der Waals surface area contributed by atoms with E-state index in [0.29, 0.717) is 5.69 Å². The van der Waals surface area contributed by atoms with E-state index in [1.54, 1.807) is 12.3 Å². The first kappa shape index (κ1) is 17.4. The molecule has 10 heteroatoms. The molecule has 1 aromatic rings. The minimum absolute atomic E-state index is 0.0302. The maximum Gasteiger partial charge on any atom is 0.311 e. The molecule has 0 spiro atoms. The lowest BCUT2D eigenvalue weighted by Gasteiger charge is -2.04. The summed E-state index contributed by atoms with van der Waals surface area (Å²) in [6, 6.07) is 0. The summed E-state index contributed by atoms with van der Waals surface area (Å²) in [6.45, 7) is 1.85. The number of rotatable bonds is 8. The summed E-state index contributed by atoms with van der Waals surface area (Å²) in [7, 11) is -2.43. The van der Waals surface area contributed by atoms with Crippen molar-refractivity contribution in [1.82, 2.24) is 4.98 Å². The van der Waals surface area contributed by atoms with Gasteiger partial charge < -0.3 is 9.47 Å². The first-order valence-corrected chi connectivity index (χ1v) is 8.56. The summed E-state index contributed by atoms with van der Waals surface area (Å²) in [4.78, 5) is 26.1. The minimum Gasteiger partial charge on any atom is -0.469 e. The van der Waals surface area contributed by atoms with Crippen LogP contribution in [0.15, 0.2) is 5.38 Å². The fourth-order valence-corrected chi connectivity index (χ4v) is 3.27. The van der Waals surface area contributed by atoms with Gasteiger partial charge in [0.2, 0.25) is 10.0 Å².